The molecule has 6 unspecified atom stereocenters. The first kappa shape index (κ1) is 30.2. The number of phosphoric acid groups is 1. The van der Waals surface area contributed by atoms with E-state index in [0.29, 0.717) is 0 Å². The fourth-order valence-electron chi connectivity index (χ4n) is 4.20. The van der Waals surface area contributed by atoms with Gasteiger partial charge in [0.15, 0.2) is 0 Å². The van der Waals surface area contributed by atoms with E-state index in [1.807, 2.05) is 133 Å². The Labute approximate surface area is 227 Å². The van der Waals surface area contributed by atoms with Gasteiger partial charge in [-0.15, -0.1) is 0 Å². The predicted octanol–water partition coefficient (Wildman–Crippen LogP) is 6.19. The molecule has 0 aliphatic rings. The van der Waals surface area contributed by atoms with E-state index in [4.69, 9.17) is 13.6 Å². The van der Waals surface area contributed by atoms with Gasteiger partial charge in [-0.1, -0.05) is 91.0 Å². The highest BCUT2D eigenvalue weighted by Gasteiger charge is 2.41. The highest BCUT2D eigenvalue weighted by molar-refractivity contribution is 7.48. The van der Waals surface area contributed by atoms with E-state index >= 15 is 0 Å². The molecule has 0 aromatic heterocycles. The van der Waals surface area contributed by atoms with Crippen molar-refractivity contribution in [3.05, 3.63) is 108 Å². The van der Waals surface area contributed by atoms with Crippen molar-refractivity contribution in [2.45, 2.75) is 57.2 Å². The summed E-state index contributed by atoms with van der Waals surface area (Å²) < 4.78 is 34.3. The zero-order valence-electron chi connectivity index (χ0n) is 23.2. The summed E-state index contributed by atoms with van der Waals surface area (Å²) in [6, 6.07) is 28.7. The lowest BCUT2D eigenvalue weighted by molar-refractivity contribution is 0.00769. The smallest absolute Gasteiger partial charge is 0.314 e. The molecule has 3 aromatic rings. The van der Waals surface area contributed by atoms with Crippen molar-refractivity contribution in [1.29, 1.82) is 0 Å². The maximum absolute atomic E-state index is 14.9. The third kappa shape index (κ3) is 8.08. The third-order valence-electron chi connectivity index (χ3n) is 6.84. The summed E-state index contributed by atoms with van der Waals surface area (Å²) >= 11 is 0. The largest absolute Gasteiger partial charge is 0.476 e. The molecule has 3 aromatic carbocycles. The first-order valence-electron chi connectivity index (χ1n) is 13.1. The molecule has 0 spiro atoms. The Bertz CT molecular complexity index is 979. The Hall–Kier alpha value is -2.35. The number of rotatable bonds is 15. The summed E-state index contributed by atoms with van der Waals surface area (Å²) in [6.07, 6.45) is -1.76. The number of benzene rings is 3. The van der Waals surface area contributed by atoms with Crippen LogP contribution in [0.4, 0.5) is 0 Å². The minimum atomic E-state index is -4.21. The van der Waals surface area contributed by atoms with Gasteiger partial charge in [0.05, 0.1) is 0 Å². The molecule has 0 aliphatic carbocycles. The average molecular weight is 540 g/mol. The topological polar surface area (TPSA) is 80.9 Å². The van der Waals surface area contributed by atoms with Gasteiger partial charge in [-0.2, -0.15) is 0 Å². The van der Waals surface area contributed by atoms with Crippen molar-refractivity contribution in [2.75, 3.05) is 21.1 Å². The monoisotopic (exact) mass is 539 g/mol. The molecule has 0 aliphatic heterocycles. The van der Waals surface area contributed by atoms with Crippen LogP contribution < -0.4 is 16.0 Å². The molecule has 206 valence electrons. The Morgan fingerprint density at radius 2 is 0.737 bits per heavy atom. The van der Waals surface area contributed by atoms with E-state index in [2.05, 4.69) is 16.0 Å². The van der Waals surface area contributed by atoms with Crippen LogP contribution in [0.3, 0.4) is 0 Å². The van der Waals surface area contributed by atoms with Crippen LogP contribution in [0.15, 0.2) is 91.0 Å². The molecule has 0 amide bonds. The van der Waals surface area contributed by atoms with Crippen molar-refractivity contribution in [1.82, 2.24) is 16.0 Å². The molecule has 0 heterocycles. The lowest BCUT2D eigenvalue weighted by Crippen LogP contribution is -2.34. The molecule has 0 fully saturated rings. The van der Waals surface area contributed by atoms with Crippen molar-refractivity contribution < 1.29 is 18.1 Å². The standard InChI is InChI=1S/C30H42N3O4P/c1-22(31-4)28(25-16-10-7-11-17-25)35-38(34,36-29(23(2)32-5)26-18-12-8-13-19-26)37-30(24(3)33-6)27-20-14-9-15-21-27/h7-24,28-33H,1-6H3. The maximum atomic E-state index is 14.9. The molecule has 0 radical (unpaired) electrons. The molecule has 0 saturated carbocycles. The third-order valence-corrected chi connectivity index (χ3v) is 8.30. The van der Waals surface area contributed by atoms with Gasteiger partial charge >= 0.3 is 7.82 Å². The van der Waals surface area contributed by atoms with Gasteiger partial charge in [0, 0.05) is 18.1 Å². The fourth-order valence-corrected chi connectivity index (χ4v) is 6.09. The van der Waals surface area contributed by atoms with Crippen LogP contribution in [0, 0.1) is 0 Å². The van der Waals surface area contributed by atoms with Gasteiger partial charge in [0.1, 0.15) is 18.3 Å². The molecule has 0 bridgehead atoms. The number of nitrogens with one attached hydrogen (secondary N) is 3. The molecular weight excluding hydrogens is 497 g/mol. The first-order chi connectivity index (χ1) is 18.3. The summed E-state index contributed by atoms with van der Waals surface area (Å²) in [5.74, 6) is 0. The van der Waals surface area contributed by atoms with Gasteiger partial charge in [0.25, 0.3) is 0 Å². The SMILES string of the molecule is CNC(C)C(OP(=O)(OC(c1ccccc1)C(C)NC)OC(c1ccccc1)C(C)NC)c1ccccc1. The van der Waals surface area contributed by atoms with Crippen LogP contribution in [-0.2, 0) is 18.1 Å². The molecule has 38 heavy (non-hydrogen) atoms. The van der Waals surface area contributed by atoms with Gasteiger partial charge in [-0.05, 0) is 58.6 Å². The zero-order valence-corrected chi connectivity index (χ0v) is 24.1. The minimum absolute atomic E-state index is 0.174. The van der Waals surface area contributed by atoms with Crippen molar-refractivity contribution in [3.8, 4) is 0 Å². The second kappa shape index (κ2) is 14.7. The van der Waals surface area contributed by atoms with Crippen LogP contribution in [0.5, 0.6) is 0 Å². The van der Waals surface area contributed by atoms with E-state index in [0.717, 1.165) is 16.7 Å². The highest BCUT2D eigenvalue weighted by Crippen LogP contribution is 2.60. The number of hydrogen-bond donors (Lipinski definition) is 3. The molecule has 3 N–H and O–H groups in total. The highest BCUT2D eigenvalue weighted by atomic mass is 31.2. The van der Waals surface area contributed by atoms with Crippen LogP contribution >= 0.6 is 7.82 Å². The Morgan fingerprint density at radius 3 is 0.947 bits per heavy atom. The van der Waals surface area contributed by atoms with E-state index in [9.17, 15) is 4.57 Å². The molecule has 0 saturated heterocycles. The van der Waals surface area contributed by atoms with Crippen LogP contribution in [0.25, 0.3) is 0 Å². The van der Waals surface area contributed by atoms with Crippen LogP contribution in [0.2, 0.25) is 0 Å². The first-order valence-corrected chi connectivity index (χ1v) is 14.6. The van der Waals surface area contributed by atoms with E-state index in [1.165, 1.54) is 0 Å². The van der Waals surface area contributed by atoms with Gasteiger partial charge in [-0.3, -0.25) is 13.6 Å². The van der Waals surface area contributed by atoms with Gasteiger partial charge < -0.3 is 16.0 Å². The Kier molecular flexibility index (Phi) is 11.7. The van der Waals surface area contributed by atoms with Gasteiger partial charge in [-0.25, -0.2) is 4.57 Å². The van der Waals surface area contributed by atoms with Crippen LogP contribution in [-0.4, -0.2) is 39.3 Å². The summed E-state index contributed by atoms with van der Waals surface area (Å²) in [7, 11) is 1.34. The van der Waals surface area contributed by atoms with Gasteiger partial charge in [0.2, 0.25) is 0 Å². The fraction of sp³-hybridized carbons (Fsp3) is 0.400. The molecule has 6 atom stereocenters. The lowest BCUT2D eigenvalue weighted by Gasteiger charge is -2.35. The second-order valence-corrected chi connectivity index (χ2v) is 11.0. The number of phosphoric ester groups is 1. The molecular formula is C30H42N3O4P. The molecule has 7 nitrogen and oxygen atoms in total. The second-order valence-electron chi connectivity index (χ2n) is 9.49. The Morgan fingerprint density at radius 1 is 0.500 bits per heavy atom. The maximum Gasteiger partial charge on any atom is 0.476 e. The van der Waals surface area contributed by atoms with Crippen LogP contribution in [0.1, 0.15) is 55.8 Å². The summed E-state index contributed by atoms with van der Waals surface area (Å²) in [5, 5.41) is 9.73. The quantitative estimate of drug-likeness (QED) is 0.199. The minimum Gasteiger partial charge on any atom is -0.314 e. The summed E-state index contributed by atoms with van der Waals surface area (Å²) in [4.78, 5) is 0. The molecule has 8 heteroatoms. The van der Waals surface area contributed by atoms with Crippen molar-refractivity contribution in [3.63, 3.8) is 0 Å². The zero-order chi connectivity index (χ0) is 27.5. The average Bonchev–Trinajstić information content (AvgIpc) is 2.97. The normalized spacial score (nSPS) is 18.1. The van der Waals surface area contributed by atoms with E-state index in [1.54, 1.807) is 0 Å². The predicted molar refractivity (Wildman–Crippen MR) is 154 cm³/mol. The van der Waals surface area contributed by atoms with E-state index < -0.39 is 26.1 Å². The number of hydrogen-bond acceptors (Lipinski definition) is 7. The van der Waals surface area contributed by atoms with Crippen molar-refractivity contribution in [2.24, 2.45) is 0 Å². The Balaban J connectivity index is 2.09. The summed E-state index contributed by atoms with van der Waals surface area (Å²) in [6.45, 7) is 5.95. The molecule has 3 rings (SSSR count). The lowest BCUT2D eigenvalue weighted by atomic mass is 10.0. The number of likely N-dealkylation sites (N-methyl/N-ethyl adjacent to an activating group) is 3. The van der Waals surface area contributed by atoms with E-state index in [-0.39, 0.29) is 18.1 Å². The van der Waals surface area contributed by atoms with Crippen molar-refractivity contribution >= 4 is 7.82 Å². The summed E-state index contributed by atoms with van der Waals surface area (Å²) in [5.41, 5.74) is 2.62.